The molecule has 2 N–H and O–H groups in total. The smallest absolute Gasteiger partial charge is 0.427 e. The number of sulfonamides is 2. The molecule has 26 nitrogen and oxygen atoms in total. The summed E-state index contributed by atoms with van der Waals surface area (Å²) in [6.07, 6.45) is 6.22. The summed E-state index contributed by atoms with van der Waals surface area (Å²) in [5, 5.41) is 1.28. The number of fused-ring (bicyclic) bond motifs is 10. The quantitative estimate of drug-likeness (QED) is 0.0516. The Bertz CT molecular complexity index is 4860. The second kappa shape index (κ2) is 31.3. The van der Waals surface area contributed by atoms with Crippen molar-refractivity contribution >= 4 is 101 Å². The summed E-state index contributed by atoms with van der Waals surface area (Å²) in [6, 6.07) is 12.3. The zero-order chi connectivity index (χ0) is 84.0. The van der Waals surface area contributed by atoms with Crippen molar-refractivity contribution in [2.24, 2.45) is 58.2 Å². The molecule has 2 aromatic carbocycles. The fourth-order valence-electron chi connectivity index (χ4n) is 17.0. The molecule has 4 saturated carbocycles. The highest BCUT2D eigenvalue weighted by Crippen LogP contribution is 2.60. The van der Waals surface area contributed by atoms with Gasteiger partial charge in [0.2, 0.25) is 78.2 Å². The van der Waals surface area contributed by atoms with Crippen LogP contribution in [0.2, 0.25) is 0 Å². The number of rotatable bonds is 16. The van der Waals surface area contributed by atoms with Crippen LogP contribution >= 0.6 is 0 Å². The van der Waals surface area contributed by atoms with E-state index in [0.29, 0.717) is 86.5 Å². The van der Waals surface area contributed by atoms with Gasteiger partial charge in [0.25, 0.3) is 0 Å². The highest BCUT2D eigenvalue weighted by molar-refractivity contribution is 7.92. The number of para-hydroxylation sites is 2. The number of esters is 2. The summed E-state index contributed by atoms with van der Waals surface area (Å²) in [6.45, 7) is 13.3. The van der Waals surface area contributed by atoms with Crippen molar-refractivity contribution in [1.82, 2.24) is 48.0 Å². The minimum absolute atomic E-state index is 0.0171. The number of benzene rings is 2. The number of nitrogens with one attached hydrogen (secondary N) is 2. The van der Waals surface area contributed by atoms with Crippen LogP contribution in [-0.4, -0.2) is 173 Å². The first kappa shape index (κ1) is 84.8. The number of halogens is 6. The van der Waals surface area contributed by atoms with Gasteiger partial charge in [0.15, 0.2) is 11.6 Å². The lowest BCUT2D eigenvalue weighted by atomic mass is 9.82. The minimum atomic E-state index is -4.87. The van der Waals surface area contributed by atoms with Crippen LogP contribution in [0.1, 0.15) is 185 Å². The van der Waals surface area contributed by atoms with Crippen LogP contribution in [0, 0.1) is 58.2 Å². The first-order valence-electron chi connectivity index (χ1n) is 39.8. The van der Waals surface area contributed by atoms with Crippen LogP contribution in [0.4, 0.5) is 26.3 Å². The highest BCUT2D eigenvalue weighted by atomic mass is 32.2. The third-order valence-corrected chi connectivity index (χ3v) is 29.8. The van der Waals surface area contributed by atoms with E-state index in [1.54, 1.807) is 61.3 Å². The molecule has 8 heterocycles. The van der Waals surface area contributed by atoms with E-state index in [1.807, 2.05) is 86.7 Å². The molecule has 628 valence electrons. The molecule has 8 aliphatic rings. The number of allylic oxidation sites excluding steroid dienone is 4. The number of carbonyl (C=O) groups is 8. The molecule has 4 amide bonds. The molecule has 34 heteroatoms. The van der Waals surface area contributed by atoms with Crippen LogP contribution in [-0.2, 0) is 67.9 Å². The van der Waals surface area contributed by atoms with E-state index in [2.05, 4.69) is 29.4 Å². The second-order valence-corrected chi connectivity index (χ2v) is 39.6. The molecule has 4 aromatic heterocycles. The molecule has 0 bridgehead atoms. The van der Waals surface area contributed by atoms with E-state index < -0.39 is 184 Å². The summed E-state index contributed by atoms with van der Waals surface area (Å²) in [5.41, 5.74) is -6.89. The Kier molecular flexibility index (Phi) is 22.9. The normalized spacial score (nSPS) is 29.8. The van der Waals surface area contributed by atoms with Crippen LogP contribution < -0.4 is 18.9 Å². The van der Waals surface area contributed by atoms with E-state index in [1.165, 1.54) is 9.80 Å². The van der Waals surface area contributed by atoms with Gasteiger partial charge < -0.3 is 28.7 Å². The van der Waals surface area contributed by atoms with Crippen LogP contribution in [0.5, 0.6) is 11.8 Å². The van der Waals surface area contributed by atoms with Crippen molar-refractivity contribution in [2.45, 2.75) is 242 Å². The Morgan fingerprint density at radius 3 is 1.26 bits per heavy atom. The van der Waals surface area contributed by atoms with Crippen LogP contribution in [0.3, 0.4) is 0 Å². The van der Waals surface area contributed by atoms with E-state index in [-0.39, 0.29) is 75.2 Å². The Morgan fingerprint density at radius 2 is 0.905 bits per heavy atom. The molecular weight excluding hydrogens is 1560 g/mol. The number of hydrogen-bond acceptors (Lipinski definition) is 20. The van der Waals surface area contributed by atoms with E-state index in [9.17, 15) is 81.5 Å². The zero-order valence-corrected chi connectivity index (χ0v) is 68.1. The number of imidazole rings is 2. The number of amides is 4. The second-order valence-electron chi connectivity index (χ2n) is 35.2. The Morgan fingerprint density at radius 1 is 0.543 bits per heavy atom. The molecule has 0 unspecified atom stereocenters. The Labute approximate surface area is 668 Å². The fourth-order valence-corrected chi connectivity index (χ4v) is 19.6. The molecular formula is C82H100F6N10O16S2. The third-order valence-electron chi connectivity index (χ3n) is 25.5. The summed E-state index contributed by atoms with van der Waals surface area (Å²) >= 11 is 0. The van der Waals surface area contributed by atoms with Gasteiger partial charge in [0.05, 0.1) is 92.0 Å². The van der Waals surface area contributed by atoms with Crippen molar-refractivity contribution in [3.63, 3.8) is 0 Å². The molecule has 6 aromatic rings. The fraction of sp³-hybridized carbons (Fsp3) is 0.610. The van der Waals surface area contributed by atoms with Crippen LogP contribution in [0.15, 0.2) is 97.6 Å². The largest absolute Gasteiger partial charge is 0.472 e. The Balaban J connectivity index is 0.000000202. The maximum Gasteiger partial charge on any atom is 0.427 e. The maximum atomic E-state index is 14.9. The standard InChI is InChI=1S/2C41H50F3N5O8S/c2*1-24-10-6-7-11-26-21-40(26,36(53)47-58(54,55)39(5)14-15-39)22-32(50)31-19-27(56-34-28-12-8-9-13-30(28)48-17-16-45-37(48)46-34)23-49(31)35(52)29(25(2)18-24)20-33(51)57-38(3,4)41(42,43)44/h2*7-9,11-13,16-17,24-27,29,31H,6,10,14-15,18-23H2,1-5H3,(H,47,53)/b2*11-7-/t24-,25+,26+,27+,29-,31-,40+;24-,25-,26-,27-,29+,31+,40-/m01/s1. The maximum absolute atomic E-state index is 14.9. The average Bonchev–Trinajstić information content (AvgIpc) is 1.57. The molecule has 0 radical (unpaired) electrons. The number of ether oxygens (including phenoxy) is 4. The topological polar surface area (TPSA) is 333 Å². The lowest BCUT2D eigenvalue weighted by Crippen LogP contribution is -2.48. The lowest BCUT2D eigenvalue weighted by molar-refractivity contribution is -0.257. The number of alkyl halides is 6. The number of hydrogen-bond donors (Lipinski definition) is 2. The van der Waals surface area contributed by atoms with Crippen molar-refractivity contribution in [3.8, 4) is 11.8 Å². The van der Waals surface area contributed by atoms with Crippen molar-refractivity contribution in [3.05, 3.63) is 97.6 Å². The van der Waals surface area contributed by atoms with Gasteiger partial charge in [-0.2, -0.15) is 36.3 Å². The molecule has 4 aliphatic carbocycles. The van der Waals surface area contributed by atoms with E-state index >= 15 is 0 Å². The summed E-state index contributed by atoms with van der Waals surface area (Å²) in [7, 11) is -8.06. The van der Waals surface area contributed by atoms with Gasteiger partial charge in [-0.05, 0) is 178 Å². The number of nitrogens with zero attached hydrogens (tertiary/aromatic N) is 8. The molecule has 2 saturated heterocycles. The third kappa shape index (κ3) is 17.2. The number of carbonyl (C=O) groups excluding carboxylic acids is 8. The zero-order valence-electron chi connectivity index (χ0n) is 66.5. The molecule has 0 spiro atoms. The number of aromatic nitrogens is 6. The summed E-state index contributed by atoms with van der Waals surface area (Å²) in [5.74, 6) is -9.25. The monoisotopic (exact) mass is 1660 g/mol. The number of Topliss-reactive ketones (excluding diaryl/α,β-unsaturated/α-hetero) is 2. The molecule has 14 rings (SSSR count). The van der Waals surface area contributed by atoms with Gasteiger partial charge in [-0.3, -0.25) is 56.6 Å². The molecule has 14 atom stereocenters. The van der Waals surface area contributed by atoms with E-state index in [0.717, 1.165) is 38.7 Å². The summed E-state index contributed by atoms with van der Waals surface area (Å²) < 4.78 is 164. The highest BCUT2D eigenvalue weighted by Gasteiger charge is 2.65. The average molecular weight is 1660 g/mol. The van der Waals surface area contributed by atoms with Gasteiger partial charge in [-0.1, -0.05) is 76.3 Å². The SMILES string of the molecule is C[C@@H]1CC/C=C\[C@@H]2C[C@@]2(C(=O)NS(=O)(=O)C2(C)CC2)CC(=O)[C@@H]2C[C@@H](Oc3nc4nccn4c4ccccc34)CN2C(=O)[C@@H](CC(=O)OC(C)(C)C(F)(F)F)[C@H](C)C1.C[C@H]1CC/C=C\[C@@H]2C[C@@]2(C(=O)NS(=O)(=O)C2(C)CC2)CC(=O)[C@@H]2C[C@@H](Oc3nc4nccn4c4ccccc34)CN2C(=O)[C@@H](CC(=O)OC(C)(C)C(F)(F)F)[C@H](C)C1. The minimum Gasteiger partial charge on any atom is -0.472 e. The van der Waals surface area contributed by atoms with Gasteiger partial charge >= 0.3 is 24.3 Å². The predicted molar refractivity (Wildman–Crippen MR) is 411 cm³/mol. The van der Waals surface area contributed by atoms with Crippen LogP contribution in [0.25, 0.3) is 33.4 Å². The lowest BCUT2D eigenvalue weighted by Gasteiger charge is -2.33. The van der Waals surface area contributed by atoms with Gasteiger partial charge in [0, 0.05) is 50.5 Å². The van der Waals surface area contributed by atoms with Crippen molar-refractivity contribution < 1.29 is 100 Å². The van der Waals surface area contributed by atoms with Crippen molar-refractivity contribution in [2.75, 3.05) is 13.1 Å². The molecule has 4 aliphatic heterocycles. The number of ketones is 2. The molecule has 6 fully saturated rings. The van der Waals surface area contributed by atoms with Gasteiger partial charge in [0.1, 0.15) is 12.2 Å². The van der Waals surface area contributed by atoms with Gasteiger partial charge in [-0.15, -0.1) is 0 Å². The first-order chi connectivity index (χ1) is 54.3. The summed E-state index contributed by atoms with van der Waals surface area (Å²) in [4.78, 5) is 134. The Hall–Kier alpha value is -9.08. The molecule has 116 heavy (non-hydrogen) atoms. The first-order valence-corrected chi connectivity index (χ1v) is 42.7. The predicted octanol–water partition coefficient (Wildman–Crippen LogP) is 12.2. The van der Waals surface area contributed by atoms with E-state index in [4.69, 9.17) is 18.9 Å². The van der Waals surface area contributed by atoms with Crippen molar-refractivity contribution in [1.29, 1.82) is 0 Å². The van der Waals surface area contributed by atoms with Gasteiger partial charge in [-0.25, -0.2) is 26.8 Å².